The standard InChI is InChI=1S/C14H19N3O/c1-14(2,3)11(9-15)17-12(13(16)18)10-7-5-4-6-8-10/h4-8,11-12,17H,1-3H3,(H2,16,18)/t11-,12-/m1/s1/i1D3. The third kappa shape index (κ3) is 3.57. The first kappa shape index (κ1) is 10.1. The summed E-state index contributed by atoms with van der Waals surface area (Å²) in [5.41, 5.74) is 4.63. The van der Waals surface area contributed by atoms with Crippen LogP contribution in [0.2, 0.25) is 0 Å². The zero-order chi connectivity index (χ0) is 16.3. The van der Waals surface area contributed by atoms with Crippen LogP contribution in [0.15, 0.2) is 30.3 Å². The molecule has 0 fully saturated rings. The van der Waals surface area contributed by atoms with Crippen LogP contribution >= 0.6 is 0 Å². The summed E-state index contributed by atoms with van der Waals surface area (Å²) < 4.78 is 22.7. The lowest BCUT2D eigenvalue weighted by Crippen LogP contribution is -2.45. The van der Waals surface area contributed by atoms with E-state index in [1.807, 2.05) is 6.07 Å². The van der Waals surface area contributed by atoms with Crippen LogP contribution in [0.1, 0.15) is 36.4 Å². The smallest absolute Gasteiger partial charge is 0.239 e. The van der Waals surface area contributed by atoms with Crippen molar-refractivity contribution >= 4 is 5.91 Å². The van der Waals surface area contributed by atoms with Gasteiger partial charge in [-0.3, -0.25) is 10.1 Å². The fraction of sp³-hybridized carbons (Fsp3) is 0.429. The minimum atomic E-state index is -2.35. The monoisotopic (exact) mass is 248 g/mol. The van der Waals surface area contributed by atoms with E-state index in [2.05, 4.69) is 5.32 Å². The van der Waals surface area contributed by atoms with Crippen molar-refractivity contribution < 1.29 is 8.91 Å². The first-order valence-electron chi connectivity index (χ1n) is 7.11. The maximum absolute atomic E-state index is 11.6. The summed E-state index contributed by atoms with van der Waals surface area (Å²) in [6.07, 6.45) is 0. The molecule has 4 nitrogen and oxygen atoms in total. The molecule has 0 bridgehead atoms. The van der Waals surface area contributed by atoms with Crippen molar-refractivity contribution in [2.24, 2.45) is 11.1 Å². The SMILES string of the molecule is [2H]C([2H])([2H])C(C)(C)[C@@H](C#N)N[C@@H](C(N)=O)c1ccccc1. The predicted octanol–water partition coefficient (Wildman–Crippen LogP) is 1.74. The number of benzene rings is 1. The average Bonchev–Trinajstić information content (AvgIpc) is 2.38. The Bertz CT molecular complexity index is 535. The molecule has 4 heteroatoms. The van der Waals surface area contributed by atoms with Gasteiger partial charge >= 0.3 is 0 Å². The van der Waals surface area contributed by atoms with E-state index in [1.165, 1.54) is 13.8 Å². The van der Waals surface area contributed by atoms with Crippen LogP contribution in [0.5, 0.6) is 0 Å². The molecule has 1 aromatic rings. The maximum Gasteiger partial charge on any atom is 0.239 e. The lowest BCUT2D eigenvalue weighted by Gasteiger charge is -2.29. The molecular formula is C14H19N3O. The molecule has 0 spiro atoms. The zero-order valence-electron chi connectivity index (χ0n) is 13.5. The highest BCUT2D eigenvalue weighted by atomic mass is 16.1. The van der Waals surface area contributed by atoms with Gasteiger partial charge in [0, 0.05) is 4.11 Å². The number of amides is 1. The van der Waals surface area contributed by atoms with Gasteiger partial charge in [0.2, 0.25) is 5.91 Å². The Hall–Kier alpha value is -1.86. The van der Waals surface area contributed by atoms with Gasteiger partial charge in [-0.2, -0.15) is 5.26 Å². The Morgan fingerprint density at radius 1 is 1.50 bits per heavy atom. The van der Waals surface area contributed by atoms with E-state index in [0.29, 0.717) is 5.56 Å². The molecule has 3 N–H and O–H groups in total. The van der Waals surface area contributed by atoms with E-state index in [4.69, 9.17) is 9.85 Å². The summed E-state index contributed by atoms with van der Waals surface area (Å²) in [7, 11) is 0. The highest BCUT2D eigenvalue weighted by Crippen LogP contribution is 2.22. The second kappa shape index (κ2) is 5.65. The topological polar surface area (TPSA) is 78.9 Å². The molecule has 0 saturated carbocycles. The third-order valence-electron chi connectivity index (χ3n) is 2.60. The van der Waals surface area contributed by atoms with Gasteiger partial charge in [0.25, 0.3) is 0 Å². The number of nitrogens with zero attached hydrogens (tertiary/aromatic N) is 1. The number of carbonyl (C=O) groups excluding carboxylic acids is 1. The molecule has 0 unspecified atom stereocenters. The molecule has 1 aromatic carbocycles. The van der Waals surface area contributed by atoms with Gasteiger partial charge in [0.05, 0.1) is 6.07 Å². The van der Waals surface area contributed by atoms with Crippen molar-refractivity contribution in [3.8, 4) is 6.07 Å². The average molecular weight is 248 g/mol. The van der Waals surface area contributed by atoms with E-state index in [-0.39, 0.29) is 0 Å². The third-order valence-corrected chi connectivity index (χ3v) is 2.60. The molecule has 0 aliphatic carbocycles. The Kier molecular flexibility index (Phi) is 3.17. The summed E-state index contributed by atoms with van der Waals surface area (Å²) in [6, 6.07) is 8.61. The van der Waals surface area contributed by atoms with E-state index in [1.54, 1.807) is 30.3 Å². The van der Waals surface area contributed by atoms with Crippen molar-refractivity contribution in [2.75, 3.05) is 0 Å². The largest absolute Gasteiger partial charge is 0.368 e. The number of nitrogens with two attached hydrogens (primary N) is 1. The van der Waals surface area contributed by atoms with E-state index in [9.17, 15) is 10.1 Å². The van der Waals surface area contributed by atoms with Crippen LogP contribution < -0.4 is 11.1 Å². The molecule has 0 aliphatic heterocycles. The van der Waals surface area contributed by atoms with Crippen LogP contribution in [0, 0.1) is 16.7 Å². The molecular weight excluding hydrogens is 226 g/mol. The normalized spacial score (nSPS) is 17.7. The van der Waals surface area contributed by atoms with Gasteiger partial charge in [0.1, 0.15) is 12.1 Å². The fourth-order valence-electron chi connectivity index (χ4n) is 1.56. The van der Waals surface area contributed by atoms with Crippen LogP contribution in [-0.2, 0) is 4.79 Å². The molecule has 18 heavy (non-hydrogen) atoms. The van der Waals surface area contributed by atoms with Crippen molar-refractivity contribution in [1.82, 2.24) is 5.32 Å². The number of carbonyl (C=O) groups is 1. The van der Waals surface area contributed by atoms with Gasteiger partial charge in [-0.25, -0.2) is 0 Å². The van der Waals surface area contributed by atoms with Crippen LogP contribution in [0.4, 0.5) is 0 Å². The van der Waals surface area contributed by atoms with Crippen LogP contribution in [-0.4, -0.2) is 11.9 Å². The molecule has 0 aromatic heterocycles. The molecule has 0 radical (unpaired) electrons. The van der Waals surface area contributed by atoms with Gasteiger partial charge < -0.3 is 5.73 Å². The minimum absolute atomic E-state index is 0.589. The van der Waals surface area contributed by atoms with Crippen molar-refractivity contribution in [1.29, 1.82) is 5.26 Å². The lowest BCUT2D eigenvalue weighted by molar-refractivity contribution is -0.120. The zero-order valence-corrected chi connectivity index (χ0v) is 10.5. The second-order valence-electron chi connectivity index (χ2n) is 4.70. The predicted molar refractivity (Wildman–Crippen MR) is 70.4 cm³/mol. The number of nitriles is 1. The highest BCUT2D eigenvalue weighted by Gasteiger charge is 2.29. The second-order valence-corrected chi connectivity index (χ2v) is 4.70. The summed E-state index contributed by atoms with van der Waals surface area (Å²) in [6.45, 7) is 0.577. The number of rotatable bonds is 4. The quantitative estimate of drug-likeness (QED) is 0.851. The van der Waals surface area contributed by atoms with Gasteiger partial charge in [-0.15, -0.1) is 0 Å². The Labute approximate surface area is 112 Å². The van der Waals surface area contributed by atoms with Gasteiger partial charge in [-0.1, -0.05) is 51.0 Å². The number of nitrogens with one attached hydrogen (secondary N) is 1. The molecule has 2 atom stereocenters. The lowest BCUT2D eigenvalue weighted by atomic mass is 9.86. The van der Waals surface area contributed by atoms with E-state index in [0.717, 1.165) is 0 Å². The van der Waals surface area contributed by atoms with E-state index >= 15 is 0 Å². The van der Waals surface area contributed by atoms with Crippen molar-refractivity contribution in [2.45, 2.75) is 32.8 Å². The molecule has 96 valence electrons. The number of primary amides is 1. The molecule has 1 amide bonds. The van der Waals surface area contributed by atoms with Crippen LogP contribution in [0.3, 0.4) is 0 Å². The molecule has 1 rings (SSSR count). The minimum Gasteiger partial charge on any atom is -0.368 e. The Balaban J connectivity index is 3.09. The molecule has 0 saturated heterocycles. The number of hydrogen-bond acceptors (Lipinski definition) is 3. The maximum atomic E-state index is 11.6. The Morgan fingerprint density at radius 3 is 2.56 bits per heavy atom. The van der Waals surface area contributed by atoms with Crippen LogP contribution in [0.25, 0.3) is 0 Å². The number of hydrogen-bond donors (Lipinski definition) is 2. The Morgan fingerprint density at radius 2 is 2.11 bits per heavy atom. The molecule has 0 aliphatic rings. The van der Waals surface area contributed by atoms with Crippen molar-refractivity contribution in [3.63, 3.8) is 0 Å². The van der Waals surface area contributed by atoms with Crippen molar-refractivity contribution in [3.05, 3.63) is 35.9 Å². The summed E-state index contributed by atoms with van der Waals surface area (Å²) in [5, 5.41) is 12.1. The van der Waals surface area contributed by atoms with Gasteiger partial charge in [0.15, 0.2) is 0 Å². The van der Waals surface area contributed by atoms with Gasteiger partial charge in [-0.05, 0) is 11.0 Å². The summed E-state index contributed by atoms with van der Waals surface area (Å²) >= 11 is 0. The first-order chi connectivity index (χ1) is 9.61. The fourth-order valence-corrected chi connectivity index (χ4v) is 1.56. The first-order valence-corrected chi connectivity index (χ1v) is 5.61. The highest BCUT2D eigenvalue weighted by molar-refractivity contribution is 5.81. The molecule has 0 heterocycles. The van der Waals surface area contributed by atoms with E-state index < -0.39 is 30.3 Å². The summed E-state index contributed by atoms with van der Waals surface area (Å²) in [4.78, 5) is 11.6. The summed E-state index contributed by atoms with van der Waals surface area (Å²) in [5.74, 6) is -0.664.